The first-order chi connectivity index (χ1) is 13.5. The number of benzene rings is 2. The summed E-state index contributed by atoms with van der Waals surface area (Å²) in [6.07, 6.45) is 2.39. The zero-order chi connectivity index (χ0) is 19.4. The highest BCUT2D eigenvalue weighted by atomic mass is 32.2. The van der Waals surface area contributed by atoms with E-state index in [1.807, 2.05) is 60.7 Å². The highest BCUT2D eigenvalue weighted by Gasteiger charge is 2.62. The highest BCUT2D eigenvalue weighted by Crippen LogP contribution is 2.59. The molecule has 2 saturated carbocycles. The van der Waals surface area contributed by atoms with Gasteiger partial charge in [-0.25, -0.2) is 0 Å². The summed E-state index contributed by atoms with van der Waals surface area (Å²) in [5.41, 5.74) is 1.95. The fourth-order valence-electron chi connectivity index (χ4n) is 5.50. The molecule has 5 rings (SSSR count). The highest BCUT2D eigenvalue weighted by molar-refractivity contribution is 7.85. The summed E-state index contributed by atoms with van der Waals surface area (Å²) < 4.78 is 44.9. The second-order valence-electron chi connectivity index (χ2n) is 8.24. The summed E-state index contributed by atoms with van der Waals surface area (Å²) in [6.45, 7) is 0. The van der Waals surface area contributed by atoms with Gasteiger partial charge in [-0.15, -0.1) is 0 Å². The fraction of sp³-hybridized carbons (Fsp3) is 0.455. The van der Waals surface area contributed by atoms with Gasteiger partial charge in [-0.2, -0.15) is 8.42 Å². The second kappa shape index (κ2) is 6.66. The van der Waals surface area contributed by atoms with Crippen LogP contribution in [0.25, 0.3) is 0 Å². The van der Waals surface area contributed by atoms with Gasteiger partial charge in [0, 0.05) is 11.1 Å². The molecule has 1 aliphatic heterocycles. The summed E-state index contributed by atoms with van der Waals surface area (Å²) in [7, 11) is -3.93. The van der Waals surface area contributed by atoms with Gasteiger partial charge in [-0.05, 0) is 37.0 Å². The van der Waals surface area contributed by atoms with Crippen LogP contribution in [0.5, 0.6) is 0 Å². The molecule has 0 spiro atoms. The predicted octanol–water partition coefficient (Wildman–Crippen LogP) is 3.61. The zero-order valence-corrected chi connectivity index (χ0v) is 16.3. The number of hydrogen-bond donors (Lipinski definition) is 1. The lowest BCUT2D eigenvalue weighted by Gasteiger charge is -2.31. The Kier molecular flexibility index (Phi) is 4.36. The van der Waals surface area contributed by atoms with Crippen LogP contribution in [0.3, 0.4) is 0 Å². The third-order valence-corrected chi connectivity index (χ3v) is 7.41. The minimum absolute atomic E-state index is 0.0207. The van der Waals surface area contributed by atoms with Crippen molar-refractivity contribution in [3.05, 3.63) is 71.8 Å². The first-order valence-electron chi connectivity index (χ1n) is 9.88. The summed E-state index contributed by atoms with van der Waals surface area (Å²) in [5.74, 6) is -0.213. The van der Waals surface area contributed by atoms with Crippen LogP contribution < -0.4 is 0 Å². The van der Waals surface area contributed by atoms with Crippen LogP contribution in [-0.4, -0.2) is 30.9 Å². The Labute approximate surface area is 165 Å². The smallest absolute Gasteiger partial charge is 0.264 e. The molecule has 5 atom stereocenters. The molecule has 2 aliphatic carbocycles. The summed E-state index contributed by atoms with van der Waals surface area (Å²) in [4.78, 5) is 0. The lowest BCUT2D eigenvalue weighted by molar-refractivity contribution is -0.162. The number of fused-ring (bicyclic) bond motifs is 5. The van der Waals surface area contributed by atoms with E-state index in [0.717, 1.165) is 24.0 Å². The number of hydrogen-bond acceptors (Lipinski definition) is 4. The molecule has 0 amide bonds. The molecule has 148 valence electrons. The van der Waals surface area contributed by atoms with E-state index < -0.39 is 15.9 Å². The molecule has 6 heteroatoms. The van der Waals surface area contributed by atoms with Crippen molar-refractivity contribution in [2.45, 2.75) is 37.3 Å². The zero-order valence-electron chi connectivity index (χ0n) is 15.5. The molecule has 0 aromatic heterocycles. The normalized spacial score (nSPS) is 33.1. The second-order valence-corrected chi connectivity index (χ2v) is 9.82. The van der Waals surface area contributed by atoms with E-state index in [1.165, 1.54) is 0 Å². The van der Waals surface area contributed by atoms with Crippen LogP contribution in [0.2, 0.25) is 0 Å². The molecule has 3 aliphatic rings. The van der Waals surface area contributed by atoms with Gasteiger partial charge in [-0.3, -0.25) is 4.55 Å². The van der Waals surface area contributed by atoms with Crippen molar-refractivity contribution in [2.24, 2.45) is 17.8 Å². The van der Waals surface area contributed by atoms with Gasteiger partial charge in [0.25, 0.3) is 10.1 Å². The Balaban J connectivity index is 1.46. The number of ether oxygens (including phenoxy) is 2. The van der Waals surface area contributed by atoms with Gasteiger partial charge in [0.1, 0.15) is 0 Å². The quantitative estimate of drug-likeness (QED) is 0.777. The van der Waals surface area contributed by atoms with Crippen LogP contribution in [0.15, 0.2) is 60.7 Å². The van der Waals surface area contributed by atoms with Gasteiger partial charge < -0.3 is 9.47 Å². The van der Waals surface area contributed by atoms with Crippen LogP contribution in [0.4, 0.5) is 0 Å². The maximum Gasteiger partial charge on any atom is 0.264 e. The third-order valence-electron chi connectivity index (χ3n) is 6.65. The van der Waals surface area contributed by atoms with E-state index >= 15 is 0 Å². The van der Waals surface area contributed by atoms with Crippen molar-refractivity contribution in [3.8, 4) is 0 Å². The van der Waals surface area contributed by atoms with Crippen molar-refractivity contribution < 1.29 is 22.4 Å². The lowest BCUT2D eigenvalue weighted by Crippen LogP contribution is -2.35. The van der Waals surface area contributed by atoms with Crippen molar-refractivity contribution in [1.82, 2.24) is 0 Å². The Morgan fingerprint density at radius 3 is 2.04 bits per heavy atom. The van der Waals surface area contributed by atoms with Crippen LogP contribution >= 0.6 is 0 Å². The molecule has 1 heterocycles. The molecular formula is C22H24O5S. The minimum atomic E-state index is -3.93. The van der Waals surface area contributed by atoms with Crippen LogP contribution in [-0.2, 0) is 25.4 Å². The molecule has 5 unspecified atom stereocenters. The van der Waals surface area contributed by atoms with Gasteiger partial charge in [0.15, 0.2) is 0 Å². The molecule has 2 bridgehead atoms. The van der Waals surface area contributed by atoms with Gasteiger partial charge in [-0.1, -0.05) is 60.7 Å². The summed E-state index contributed by atoms with van der Waals surface area (Å²) in [6, 6.07) is 20.1. The lowest BCUT2D eigenvalue weighted by atomic mass is 9.83. The topological polar surface area (TPSA) is 72.8 Å². The molecule has 5 nitrogen and oxygen atoms in total. The van der Waals surface area contributed by atoms with Crippen molar-refractivity contribution in [2.75, 3.05) is 5.75 Å². The molecule has 1 N–H and O–H groups in total. The summed E-state index contributed by atoms with van der Waals surface area (Å²) >= 11 is 0. The van der Waals surface area contributed by atoms with Crippen molar-refractivity contribution >= 4 is 10.1 Å². The monoisotopic (exact) mass is 400 g/mol. The summed E-state index contributed by atoms with van der Waals surface area (Å²) in [5, 5.41) is 0. The Hall–Kier alpha value is -1.73. The van der Waals surface area contributed by atoms with E-state index in [2.05, 4.69) is 0 Å². The number of rotatable bonds is 5. The molecule has 1 saturated heterocycles. The standard InChI is InChI=1S/C22H24O5S/c23-28(24,25)12-11-15-13-16-14-19(15)21-20(16)26-22(27-21,17-7-3-1-4-8-17)18-9-5-2-6-10-18/h1-10,15-16,19-21H,11-14H2,(H,23,24,25). The average Bonchev–Trinajstić information content (AvgIpc) is 3.37. The maximum absolute atomic E-state index is 11.2. The molecule has 3 fully saturated rings. The predicted molar refractivity (Wildman–Crippen MR) is 104 cm³/mol. The van der Waals surface area contributed by atoms with E-state index in [1.54, 1.807) is 0 Å². The molecule has 28 heavy (non-hydrogen) atoms. The third kappa shape index (κ3) is 2.99. The molecular weight excluding hydrogens is 376 g/mol. The van der Waals surface area contributed by atoms with Crippen molar-refractivity contribution in [3.63, 3.8) is 0 Å². The van der Waals surface area contributed by atoms with E-state index in [4.69, 9.17) is 14.0 Å². The van der Waals surface area contributed by atoms with E-state index in [0.29, 0.717) is 12.3 Å². The SMILES string of the molecule is O=S(=O)(O)CCC1CC2CC1C1OC(c3ccccc3)(c3ccccc3)OC21. The first-order valence-corrected chi connectivity index (χ1v) is 11.5. The van der Waals surface area contributed by atoms with E-state index in [-0.39, 0.29) is 29.8 Å². The van der Waals surface area contributed by atoms with Crippen LogP contribution in [0.1, 0.15) is 30.4 Å². The maximum atomic E-state index is 11.2. The van der Waals surface area contributed by atoms with Crippen molar-refractivity contribution in [1.29, 1.82) is 0 Å². The fourth-order valence-corrected chi connectivity index (χ4v) is 6.10. The minimum Gasteiger partial charge on any atom is -0.336 e. The van der Waals surface area contributed by atoms with Gasteiger partial charge >= 0.3 is 0 Å². The first kappa shape index (κ1) is 18.3. The Bertz CT molecular complexity index is 904. The molecule has 2 aromatic carbocycles. The largest absolute Gasteiger partial charge is 0.336 e. The van der Waals surface area contributed by atoms with Crippen LogP contribution in [0, 0.1) is 17.8 Å². The van der Waals surface area contributed by atoms with Gasteiger partial charge in [0.2, 0.25) is 5.79 Å². The average molecular weight is 400 g/mol. The van der Waals surface area contributed by atoms with E-state index in [9.17, 15) is 8.42 Å². The van der Waals surface area contributed by atoms with Gasteiger partial charge in [0.05, 0.1) is 18.0 Å². The molecule has 2 aromatic rings. The Morgan fingerprint density at radius 1 is 0.893 bits per heavy atom. The molecule has 0 radical (unpaired) electrons. The Morgan fingerprint density at radius 2 is 1.46 bits per heavy atom.